The molecule has 2 atom stereocenters. The number of aromatic nitrogens is 1. The van der Waals surface area contributed by atoms with Crippen LogP contribution in [0.15, 0.2) is 46.0 Å². The highest BCUT2D eigenvalue weighted by Crippen LogP contribution is 2.40. The quantitative estimate of drug-likeness (QED) is 0.902. The predicted molar refractivity (Wildman–Crippen MR) is 91.5 cm³/mol. The van der Waals surface area contributed by atoms with Crippen LogP contribution in [0.3, 0.4) is 0 Å². The van der Waals surface area contributed by atoms with Crippen LogP contribution in [-0.4, -0.2) is 22.0 Å². The second kappa shape index (κ2) is 6.08. The van der Waals surface area contributed by atoms with Gasteiger partial charge in [0.25, 0.3) is 5.91 Å². The SMILES string of the molecule is C[C@H]1CSC(N)=NC1(C)c1cccc(NC(=O)c2ccno2)c1. The molecule has 3 rings (SSSR count). The summed E-state index contributed by atoms with van der Waals surface area (Å²) in [6, 6.07) is 9.18. The zero-order chi connectivity index (χ0) is 16.4. The van der Waals surface area contributed by atoms with Crippen molar-refractivity contribution in [3.63, 3.8) is 0 Å². The first-order valence-electron chi connectivity index (χ1n) is 7.30. The van der Waals surface area contributed by atoms with E-state index < -0.39 is 5.54 Å². The van der Waals surface area contributed by atoms with Gasteiger partial charge in [0.05, 0.1) is 11.7 Å². The van der Waals surface area contributed by atoms with Gasteiger partial charge >= 0.3 is 0 Å². The van der Waals surface area contributed by atoms with Crippen molar-refractivity contribution in [3.8, 4) is 0 Å². The van der Waals surface area contributed by atoms with Crippen LogP contribution in [0.2, 0.25) is 0 Å². The molecular weight excluding hydrogens is 312 g/mol. The molecule has 23 heavy (non-hydrogen) atoms. The molecule has 6 nitrogen and oxygen atoms in total. The molecular formula is C16H18N4O2S. The Morgan fingerprint density at radius 1 is 1.48 bits per heavy atom. The fourth-order valence-electron chi connectivity index (χ4n) is 2.53. The number of amides is 1. The number of rotatable bonds is 3. The molecule has 2 heterocycles. The highest BCUT2D eigenvalue weighted by molar-refractivity contribution is 8.13. The van der Waals surface area contributed by atoms with E-state index in [1.165, 1.54) is 12.3 Å². The predicted octanol–water partition coefficient (Wildman–Crippen LogP) is 2.84. The van der Waals surface area contributed by atoms with Gasteiger partial charge in [0.15, 0.2) is 5.17 Å². The van der Waals surface area contributed by atoms with E-state index in [2.05, 4.69) is 29.3 Å². The Balaban J connectivity index is 1.88. The van der Waals surface area contributed by atoms with Crippen LogP contribution < -0.4 is 11.1 Å². The summed E-state index contributed by atoms with van der Waals surface area (Å²) >= 11 is 1.57. The van der Waals surface area contributed by atoms with Crippen LogP contribution in [0.25, 0.3) is 0 Å². The summed E-state index contributed by atoms with van der Waals surface area (Å²) in [5, 5.41) is 6.94. The van der Waals surface area contributed by atoms with E-state index in [4.69, 9.17) is 10.3 Å². The zero-order valence-electron chi connectivity index (χ0n) is 12.9. The lowest BCUT2D eigenvalue weighted by molar-refractivity contribution is 0.0988. The first-order chi connectivity index (χ1) is 11.0. The summed E-state index contributed by atoms with van der Waals surface area (Å²) in [5.41, 5.74) is 7.22. The maximum absolute atomic E-state index is 12.1. The van der Waals surface area contributed by atoms with Crippen molar-refractivity contribution < 1.29 is 9.32 Å². The van der Waals surface area contributed by atoms with E-state index in [9.17, 15) is 4.79 Å². The van der Waals surface area contributed by atoms with Gasteiger partial charge in [-0.2, -0.15) is 0 Å². The number of hydrogen-bond donors (Lipinski definition) is 2. The lowest BCUT2D eigenvalue weighted by Gasteiger charge is -2.36. The summed E-state index contributed by atoms with van der Waals surface area (Å²) < 4.78 is 4.86. The van der Waals surface area contributed by atoms with E-state index in [-0.39, 0.29) is 11.7 Å². The van der Waals surface area contributed by atoms with Gasteiger partial charge in [0.2, 0.25) is 5.76 Å². The van der Waals surface area contributed by atoms with E-state index >= 15 is 0 Å². The van der Waals surface area contributed by atoms with Gasteiger partial charge in [-0.05, 0) is 30.5 Å². The van der Waals surface area contributed by atoms with Crippen molar-refractivity contribution in [3.05, 3.63) is 47.9 Å². The molecule has 0 bridgehead atoms. The van der Waals surface area contributed by atoms with E-state index in [1.54, 1.807) is 11.8 Å². The molecule has 0 spiro atoms. The Morgan fingerprint density at radius 3 is 3.04 bits per heavy atom. The molecule has 1 aliphatic heterocycles. The van der Waals surface area contributed by atoms with Crippen LogP contribution >= 0.6 is 11.8 Å². The number of nitrogens with two attached hydrogens (primary N) is 1. The third kappa shape index (κ3) is 3.10. The average Bonchev–Trinajstić information content (AvgIpc) is 3.06. The number of carbonyl (C=O) groups is 1. The van der Waals surface area contributed by atoms with Crippen molar-refractivity contribution in [2.45, 2.75) is 19.4 Å². The summed E-state index contributed by atoms with van der Waals surface area (Å²) in [5.74, 6) is 1.09. The van der Waals surface area contributed by atoms with Gasteiger partial charge in [-0.15, -0.1) is 0 Å². The number of nitrogens with zero attached hydrogens (tertiary/aromatic N) is 2. The molecule has 1 aromatic heterocycles. The summed E-state index contributed by atoms with van der Waals surface area (Å²) in [4.78, 5) is 16.7. The molecule has 1 unspecified atom stereocenters. The van der Waals surface area contributed by atoms with Gasteiger partial charge < -0.3 is 15.6 Å². The molecule has 2 aromatic rings. The summed E-state index contributed by atoms with van der Waals surface area (Å²) in [7, 11) is 0. The highest BCUT2D eigenvalue weighted by atomic mass is 32.2. The van der Waals surface area contributed by atoms with Crippen molar-refractivity contribution in [2.75, 3.05) is 11.1 Å². The van der Waals surface area contributed by atoms with Gasteiger partial charge in [0.1, 0.15) is 0 Å². The largest absolute Gasteiger partial charge is 0.379 e. The van der Waals surface area contributed by atoms with Crippen LogP contribution in [0.4, 0.5) is 5.69 Å². The number of hydrogen-bond acceptors (Lipinski definition) is 6. The Kier molecular flexibility index (Phi) is 4.12. The van der Waals surface area contributed by atoms with E-state index in [0.717, 1.165) is 11.3 Å². The van der Waals surface area contributed by atoms with Gasteiger partial charge in [-0.25, -0.2) is 0 Å². The number of nitrogens with one attached hydrogen (secondary N) is 1. The maximum Gasteiger partial charge on any atom is 0.294 e. The second-order valence-corrected chi connectivity index (χ2v) is 6.76. The molecule has 3 N–H and O–H groups in total. The van der Waals surface area contributed by atoms with Crippen molar-refractivity contribution >= 4 is 28.5 Å². The van der Waals surface area contributed by atoms with Crippen LogP contribution in [0.1, 0.15) is 30.0 Å². The summed E-state index contributed by atoms with van der Waals surface area (Å²) in [6.45, 7) is 4.23. The minimum absolute atomic E-state index is 0.173. The summed E-state index contributed by atoms with van der Waals surface area (Å²) in [6.07, 6.45) is 1.44. The van der Waals surface area contributed by atoms with Crippen molar-refractivity contribution in [1.82, 2.24) is 5.16 Å². The zero-order valence-corrected chi connectivity index (χ0v) is 13.8. The maximum atomic E-state index is 12.1. The van der Waals surface area contributed by atoms with Crippen LogP contribution in [-0.2, 0) is 5.54 Å². The number of amidine groups is 1. The number of aliphatic imine (C=N–C) groups is 1. The Hall–Kier alpha value is -2.28. The molecule has 120 valence electrons. The van der Waals surface area contributed by atoms with Gasteiger partial charge in [-0.1, -0.05) is 36.0 Å². The molecule has 0 saturated carbocycles. The first-order valence-corrected chi connectivity index (χ1v) is 8.28. The minimum atomic E-state index is -0.400. The number of carbonyl (C=O) groups excluding carboxylic acids is 1. The molecule has 0 radical (unpaired) electrons. The van der Waals surface area contributed by atoms with Crippen LogP contribution in [0, 0.1) is 5.92 Å². The standard InChI is InChI=1S/C16H18N4O2S/c1-10-9-23-15(17)20-16(10,2)11-4-3-5-12(8-11)19-14(21)13-6-7-18-22-13/h3-8,10H,9H2,1-2H3,(H2,17,20)(H,19,21)/t10-,16?/m0/s1. The lowest BCUT2D eigenvalue weighted by atomic mass is 9.82. The fourth-order valence-corrected chi connectivity index (χ4v) is 3.53. The van der Waals surface area contributed by atoms with Gasteiger partial charge in [-0.3, -0.25) is 9.79 Å². The molecule has 1 aliphatic rings. The van der Waals surface area contributed by atoms with Crippen LogP contribution in [0.5, 0.6) is 0 Å². The smallest absolute Gasteiger partial charge is 0.294 e. The number of anilines is 1. The normalized spacial score (nSPS) is 24.1. The average molecular weight is 330 g/mol. The van der Waals surface area contributed by atoms with E-state index in [0.29, 0.717) is 16.8 Å². The Morgan fingerprint density at radius 2 is 2.30 bits per heavy atom. The van der Waals surface area contributed by atoms with Gasteiger partial charge in [0, 0.05) is 17.5 Å². The molecule has 0 fully saturated rings. The van der Waals surface area contributed by atoms with Crippen molar-refractivity contribution in [1.29, 1.82) is 0 Å². The van der Waals surface area contributed by atoms with E-state index in [1.807, 2.05) is 24.3 Å². The minimum Gasteiger partial charge on any atom is -0.379 e. The number of thioether (sulfide) groups is 1. The Bertz CT molecular complexity index is 744. The van der Waals surface area contributed by atoms with Crippen molar-refractivity contribution in [2.24, 2.45) is 16.6 Å². The molecule has 1 aromatic carbocycles. The number of benzene rings is 1. The topological polar surface area (TPSA) is 93.5 Å². The third-order valence-electron chi connectivity index (χ3n) is 4.15. The molecule has 1 amide bonds. The Labute approximate surface area is 138 Å². The second-order valence-electron chi connectivity index (χ2n) is 5.72. The lowest BCUT2D eigenvalue weighted by Crippen LogP contribution is -2.36. The highest BCUT2D eigenvalue weighted by Gasteiger charge is 2.36. The monoisotopic (exact) mass is 330 g/mol. The molecule has 0 aliphatic carbocycles. The fraction of sp³-hybridized carbons (Fsp3) is 0.312. The third-order valence-corrected chi connectivity index (χ3v) is 5.20. The molecule has 0 saturated heterocycles. The molecule has 7 heteroatoms. The first kappa shape index (κ1) is 15.6.